The molecule has 0 bridgehead atoms. The van der Waals surface area contributed by atoms with Gasteiger partial charge in [-0.15, -0.1) is 0 Å². The van der Waals surface area contributed by atoms with Gasteiger partial charge in [0, 0.05) is 6.04 Å². The minimum Gasteiger partial charge on any atom is -0.382 e. The van der Waals surface area contributed by atoms with Gasteiger partial charge in [-0.25, -0.2) is 0 Å². The van der Waals surface area contributed by atoms with E-state index in [1.807, 2.05) is 13.8 Å². The summed E-state index contributed by atoms with van der Waals surface area (Å²) in [6.07, 6.45) is 0. The maximum atomic E-state index is 11.0. The topological polar surface area (TPSA) is 94.0 Å². The number of anilines is 2. The molecule has 5 N–H and O–H groups in total. The summed E-state index contributed by atoms with van der Waals surface area (Å²) in [6.45, 7) is 3.92. The van der Waals surface area contributed by atoms with Crippen molar-refractivity contribution in [2.45, 2.75) is 19.9 Å². The van der Waals surface area contributed by atoms with Crippen molar-refractivity contribution in [3.8, 4) is 0 Å². The third-order valence-electron chi connectivity index (χ3n) is 1.38. The third kappa shape index (κ3) is 2.09. The Kier molecular flexibility index (Phi) is 2.72. The first-order valence-electron chi connectivity index (χ1n) is 3.84. The molecule has 0 fully saturated rings. The van der Waals surface area contributed by atoms with E-state index in [2.05, 4.69) is 9.69 Å². The van der Waals surface area contributed by atoms with Crippen LogP contribution in [0.5, 0.6) is 0 Å². The predicted octanol–water partition coefficient (Wildman–Crippen LogP) is 0.645. The van der Waals surface area contributed by atoms with Gasteiger partial charge in [-0.3, -0.25) is 4.79 Å². The molecule has 0 radical (unpaired) electrons. The van der Waals surface area contributed by atoms with Crippen LogP contribution in [-0.4, -0.2) is 16.3 Å². The van der Waals surface area contributed by atoms with E-state index in [1.54, 1.807) is 0 Å². The number of amides is 1. The Hall–Kier alpha value is -1.30. The average molecular weight is 200 g/mol. The van der Waals surface area contributed by atoms with Crippen molar-refractivity contribution >= 4 is 28.3 Å². The van der Waals surface area contributed by atoms with Crippen LogP contribution in [-0.2, 0) is 0 Å². The van der Waals surface area contributed by atoms with Crippen LogP contribution in [0.15, 0.2) is 0 Å². The number of carbonyl (C=O) groups is 1. The van der Waals surface area contributed by atoms with Crippen LogP contribution >= 0.6 is 11.5 Å². The summed E-state index contributed by atoms with van der Waals surface area (Å²) in [7, 11) is 0. The zero-order valence-electron chi connectivity index (χ0n) is 7.50. The molecule has 1 amide bonds. The van der Waals surface area contributed by atoms with Crippen molar-refractivity contribution in [1.29, 1.82) is 0 Å². The monoisotopic (exact) mass is 200 g/mol. The zero-order valence-corrected chi connectivity index (χ0v) is 8.31. The lowest BCUT2D eigenvalue weighted by molar-refractivity contribution is 0.100. The number of primary amides is 1. The molecule has 0 aliphatic carbocycles. The van der Waals surface area contributed by atoms with E-state index < -0.39 is 5.91 Å². The summed E-state index contributed by atoms with van der Waals surface area (Å²) < 4.78 is 3.85. The molecule has 72 valence electrons. The fourth-order valence-electron chi connectivity index (χ4n) is 0.901. The van der Waals surface area contributed by atoms with Crippen LogP contribution < -0.4 is 16.8 Å². The highest BCUT2D eigenvalue weighted by Gasteiger charge is 2.16. The number of nitrogens with one attached hydrogen (secondary N) is 1. The van der Waals surface area contributed by atoms with Gasteiger partial charge in [0.2, 0.25) is 0 Å². The fraction of sp³-hybridized carbons (Fsp3) is 0.429. The van der Waals surface area contributed by atoms with Crippen molar-refractivity contribution in [2.24, 2.45) is 5.73 Å². The molecule has 1 aromatic heterocycles. The largest absolute Gasteiger partial charge is 0.382 e. The summed E-state index contributed by atoms with van der Waals surface area (Å²) in [5.41, 5.74) is 10.9. The standard InChI is InChI=1S/C7H12N4OS/c1-3(2)10-7-4(6(9)12)5(8)11-13-7/h3,10H,1-2H3,(H2,8,11)(H2,9,12). The summed E-state index contributed by atoms with van der Waals surface area (Å²) in [4.78, 5) is 11.0. The molecule has 0 saturated carbocycles. The van der Waals surface area contributed by atoms with E-state index in [-0.39, 0.29) is 11.9 Å². The van der Waals surface area contributed by atoms with Gasteiger partial charge in [0.05, 0.1) is 0 Å². The van der Waals surface area contributed by atoms with E-state index >= 15 is 0 Å². The molecule has 1 aromatic rings. The minimum absolute atomic E-state index is 0.195. The summed E-state index contributed by atoms with van der Waals surface area (Å²) in [5, 5.41) is 3.69. The zero-order chi connectivity index (χ0) is 10.0. The second kappa shape index (κ2) is 3.61. The van der Waals surface area contributed by atoms with Crippen LogP contribution in [0.25, 0.3) is 0 Å². The van der Waals surface area contributed by atoms with Gasteiger partial charge in [0.25, 0.3) is 5.91 Å². The molecule has 0 spiro atoms. The average Bonchev–Trinajstić information content (AvgIpc) is 2.30. The van der Waals surface area contributed by atoms with E-state index in [4.69, 9.17) is 11.5 Å². The third-order valence-corrected chi connectivity index (χ3v) is 2.18. The molecule has 0 saturated heterocycles. The number of carbonyl (C=O) groups excluding carboxylic acids is 1. The second-order valence-electron chi connectivity index (χ2n) is 2.94. The maximum absolute atomic E-state index is 11.0. The highest BCUT2D eigenvalue weighted by molar-refractivity contribution is 7.11. The Morgan fingerprint density at radius 2 is 2.23 bits per heavy atom. The summed E-state index contributed by atoms with van der Waals surface area (Å²) >= 11 is 1.15. The van der Waals surface area contributed by atoms with Crippen LogP contribution in [0.4, 0.5) is 10.8 Å². The van der Waals surface area contributed by atoms with Crippen LogP contribution in [0.3, 0.4) is 0 Å². The van der Waals surface area contributed by atoms with Crippen LogP contribution in [0, 0.1) is 0 Å². The van der Waals surface area contributed by atoms with Crippen molar-refractivity contribution in [3.63, 3.8) is 0 Å². The second-order valence-corrected chi connectivity index (χ2v) is 3.71. The van der Waals surface area contributed by atoms with E-state index in [0.717, 1.165) is 11.5 Å². The molecule has 0 unspecified atom stereocenters. The molecule has 5 nitrogen and oxygen atoms in total. The van der Waals surface area contributed by atoms with Crippen molar-refractivity contribution in [3.05, 3.63) is 5.56 Å². The van der Waals surface area contributed by atoms with E-state index in [9.17, 15) is 4.79 Å². The first-order valence-corrected chi connectivity index (χ1v) is 4.61. The van der Waals surface area contributed by atoms with Crippen molar-refractivity contribution in [2.75, 3.05) is 11.1 Å². The van der Waals surface area contributed by atoms with Crippen molar-refractivity contribution < 1.29 is 4.79 Å². The predicted molar refractivity (Wildman–Crippen MR) is 53.8 cm³/mol. The van der Waals surface area contributed by atoms with E-state index in [1.165, 1.54) is 0 Å². The molecule has 0 atom stereocenters. The maximum Gasteiger partial charge on any atom is 0.255 e. The normalized spacial score (nSPS) is 10.4. The SMILES string of the molecule is CC(C)Nc1snc(N)c1C(N)=O. The molecule has 6 heteroatoms. The Balaban J connectivity index is 3.00. The lowest BCUT2D eigenvalue weighted by Gasteiger charge is -2.07. The number of nitrogen functional groups attached to an aromatic ring is 1. The number of hydrogen-bond acceptors (Lipinski definition) is 5. The van der Waals surface area contributed by atoms with Gasteiger partial charge < -0.3 is 16.8 Å². The molecule has 0 aromatic carbocycles. The molecule has 0 aliphatic heterocycles. The molecular formula is C7H12N4OS. The van der Waals surface area contributed by atoms with Gasteiger partial charge in [0.1, 0.15) is 10.6 Å². The Morgan fingerprint density at radius 1 is 1.62 bits per heavy atom. The lowest BCUT2D eigenvalue weighted by atomic mass is 10.3. The number of hydrogen-bond donors (Lipinski definition) is 3. The molecular weight excluding hydrogens is 188 g/mol. The van der Waals surface area contributed by atoms with Gasteiger partial charge in [-0.1, -0.05) is 0 Å². The molecule has 1 rings (SSSR count). The summed E-state index contributed by atoms with van der Waals surface area (Å²) in [6, 6.07) is 0.220. The Morgan fingerprint density at radius 3 is 2.69 bits per heavy atom. The quantitative estimate of drug-likeness (QED) is 0.667. The number of nitrogens with zero attached hydrogens (tertiary/aromatic N) is 1. The molecule has 13 heavy (non-hydrogen) atoms. The van der Waals surface area contributed by atoms with Gasteiger partial charge in [-0.05, 0) is 25.4 Å². The lowest BCUT2D eigenvalue weighted by Crippen LogP contribution is -2.17. The highest BCUT2D eigenvalue weighted by atomic mass is 32.1. The Labute approximate surface area is 80.3 Å². The van der Waals surface area contributed by atoms with E-state index in [0.29, 0.717) is 10.6 Å². The first kappa shape index (κ1) is 9.79. The molecule has 0 aliphatic rings. The fourth-order valence-corrected chi connectivity index (χ4v) is 1.77. The number of rotatable bonds is 3. The minimum atomic E-state index is -0.547. The highest BCUT2D eigenvalue weighted by Crippen LogP contribution is 2.26. The smallest absolute Gasteiger partial charge is 0.255 e. The summed E-state index contributed by atoms with van der Waals surface area (Å²) in [5.74, 6) is -0.352. The van der Waals surface area contributed by atoms with Crippen LogP contribution in [0.2, 0.25) is 0 Å². The first-order chi connectivity index (χ1) is 6.02. The number of nitrogens with two attached hydrogens (primary N) is 2. The van der Waals surface area contributed by atoms with Gasteiger partial charge in [-0.2, -0.15) is 4.37 Å². The van der Waals surface area contributed by atoms with Crippen LogP contribution in [0.1, 0.15) is 24.2 Å². The number of aromatic nitrogens is 1. The van der Waals surface area contributed by atoms with Crippen molar-refractivity contribution in [1.82, 2.24) is 4.37 Å². The molecule has 1 heterocycles. The van der Waals surface area contributed by atoms with Gasteiger partial charge in [0.15, 0.2) is 5.82 Å². The Bertz CT molecular complexity index is 320. The van der Waals surface area contributed by atoms with Gasteiger partial charge >= 0.3 is 0 Å².